The molecule has 1 aromatic heterocycles. The Morgan fingerprint density at radius 3 is 2.12 bits per heavy atom. The zero-order valence-corrected chi connectivity index (χ0v) is 11.2. The highest BCUT2D eigenvalue weighted by atomic mass is 35.5. The molecule has 0 atom stereocenters. The van der Waals surface area contributed by atoms with Gasteiger partial charge in [-0.1, -0.05) is 46.4 Å². The first-order chi connectivity index (χ1) is 8.00. The van der Waals surface area contributed by atoms with Gasteiger partial charge >= 0.3 is 0 Å². The van der Waals surface area contributed by atoms with Crippen molar-refractivity contribution in [1.82, 2.24) is 9.97 Å². The lowest BCUT2D eigenvalue weighted by Crippen LogP contribution is -1.96. The first-order valence-corrected chi connectivity index (χ1v) is 5.93. The largest absolute Gasteiger partial charge is 0.384 e. The van der Waals surface area contributed by atoms with E-state index in [-0.39, 0.29) is 25.9 Å². The molecule has 2 rings (SSSR count). The third-order valence-electron chi connectivity index (χ3n) is 2.01. The van der Waals surface area contributed by atoms with Crippen LogP contribution in [0.1, 0.15) is 0 Å². The predicted octanol–water partition coefficient (Wildman–Crippen LogP) is 4.34. The van der Waals surface area contributed by atoms with E-state index in [1.165, 1.54) is 12.3 Å². The van der Waals surface area contributed by atoms with Crippen molar-refractivity contribution in [3.05, 3.63) is 38.4 Å². The summed E-state index contributed by atoms with van der Waals surface area (Å²) in [5.41, 5.74) is 5.94. The number of rotatable bonds is 1. The van der Waals surface area contributed by atoms with Crippen LogP contribution in [0, 0.1) is 0 Å². The molecule has 0 spiro atoms. The van der Waals surface area contributed by atoms with Crippen LogP contribution in [-0.4, -0.2) is 9.97 Å². The Hall–Kier alpha value is -0.740. The third-order valence-corrected chi connectivity index (χ3v) is 3.59. The average molecular weight is 309 g/mol. The van der Waals surface area contributed by atoms with Gasteiger partial charge < -0.3 is 5.73 Å². The maximum absolute atomic E-state index is 6.06. The second kappa shape index (κ2) is 4.86. The van der Waals surface area contributed by atoms with Crippen LogP contribution in [0.3, 0.4) is 0 Å². The zero-order valence-electron chi connectivity index (χ0n) is 8.22. The first kappa shape index (κ1) is 12.7. The Morgan fingerprint density at radius 2 is 1.59 bits per heavy atom. The minimum Gasteiger partial charge on any atom is -0.384 e. The van der Waals surface area contributed by atoms with Crippen LogP contribution in [0.15, 0.2) is 18.3 Å². The molecule has 0 saturated heterocycles. The van der Waals surface area contributed by atoms with Gasteiger partial charge in [-0.15, -0.1) is 0 Å². The summed E-state index contributed by atoms with van der Waals surface area (Å²) >= 11 is 24.0. The summed E-state index contributed by atoms with van der Waals surface area (Å²) in [6.07, 6.45) is 1.50. The fourth-order valence-electron chi connectivity index (χ4n) is 1.26. The minimum absolute atomic E-state index is 0.242. The Morgan fingerprint density at radius 1 is 1.00 bits per heavy atom. The Balaban J connectivity index is 2.75. The van der Waals surface area contributed by atoms with Crippen LogP contribution in [0.4, 0.5) is 5.82 Å². The summed E-state index contributed by atoms with van der Waals surface area (Å²) in [6.45, 7) is 0. The SMILES string of the molecule is Nc1ccnc(-c2c(Cl)c(Cl)cc(Cl)c2Cl)n1. The van der Waals surface area contributed by atoms with Crippen molar-refractivity contribution in [2.24, 2.45) is 0 Å². The number of hydrogen-bond donors (Lipinski definition) is 1. The summed E-state index contributed by atoms with van der Waals surface area (Å²) < 4.78 is 0. The molecule has 0 bridgehead atoms. The van der Waals surface area contributed by atoms with Gasteiger partial charge in [-0.2, -0.15) is 0 Å². The van der Waals surface area contributed by atoms with Gasteiger partial charge in [0.15, 0.2) is 5.82 Å². The monoisotopic (exact) mass is 307 g/mol. The van der Waals surface area contributed by atoms with E-state index in [9.17, 15) is 0 Å². The van der Waals surface area contributed by atoms with E-state index >= 15 is 0 Å². The molecule has 0 aliphatic rings. The highest BCUT2D eigenvalue weighted by Crippen LogP contribution is 2.41. The predicted molar refractivity (Wildman–Crippen MR) is 71.9 cm³/mol. The van der Waals surface area contributed by atoms with Gasteiger partial charge in [0, 0.05) is 6.20 Å². The smallest absolute Gasteiger partial charge is 0.164 e. The summed E-state index contributed by atoms with van der Waals surface area (Å²) in [6, 6.07) is 3.01. The standard InChI is InChI=1S/C10H5Cl4N3/c11-4-3-5(12)9(14)7(8(4)13)10-16-2-1-6(15)17-10/h1-3H,(H2,15,16,17). The van der Waals surface area contributed by atoms with E-state index in [1.54, 1.807) is 6.07 Å². The van der Waals surface area contributed by atoms with Crippen LogP contribution in [0.25, 0.3) is 11.4 Å². The number of hydrogen-bond acceptors (Lipinski definition) is 3. The van der Waals surface area contributed by atoms with Crippen molar-refractivity contribution in [2.75, 3.05) is 5.73 Å². The molecular formula is C10H5Cl4N3. The average Bonchev–Trinajstić information content (AvgIpc) is 2.27. The fourth-order valence-corrected chi connectivity index (χ4v) is 2.24. The van der Waals surface area contributed by atoms with Crippen molar-refractivity contribution in [3.8, 4) is 11.4 Å². The third kappa shape index (κ3) is 2.43. The first-order valence-electron chi connectivity index (χ1n) is 4.42. The van der Waals surface area contributed by atoms with E-state index in [0.717, 1.165) is 0 Å². The highest BCUT2D eigenvalue weighted by molar-refractivity contribution is 6.49. The van der Waals surface area contributed by atoms with Crippen LogP contribution >= 0.6 is 46.4 Å². The molecule has 0 fully saturated rings. The molecule has 0 amide bonds. The summed E-state index contributed by atoms with van der Waals surface area (Å²) in [5.74, 6) is 0.586. The Bertz CT molecular complexity index is 560. The molecular weight excluding hydrogens is 304 g/mol. The summed E-state index contributed by atoms with van der Waals surface area (Å²) in [5, 5.41) is 1.04. The molecule has 0 radical (unpaired) electrons. The van der Waals surface area contributed by atoms with Crippen molar-refractivity contribution in [2.45, 2.75) is 0 Å². The van der Waals surface area contributed by atoms with E-state index in [4.69, 9.17) is 52.1 Å². The molecule has 2 N–H and O–H groups in total. The fraction of sp³-hybridized carbons (Fsp3) is 0. The van der Waals surface area contributed by atoms with Gasteiger partial charge in [-0.25, -0.2) is 9.97 Å². The van der Waals surface area contributed by atoms with Gasteiger partial charge in [-0.3, -0.25) is 0 Å². The lowest BCUT2D eigenvalue weighted by molar-refractivity contribution is 1.18. The number of aromatic nitrogens is 2. The number of halogens is 4. The van der Waals surface area contributed by atoms with Crippen LogP contribution < -0.4 is 5.73 Å². The number of anilines is 1. The Kier molecular flexibility index (Phi) is 3.64. The summed E-state index contributed by atoms with van der Waals surface area (Å²) in [7, 11) is 0. The highest BCUT2D eigenvalue weighted by Gasteiger charge is 2.17. The van der Waals surface area contributed by atoms with E-state index in [2.05, 4.69) is 9.97 Å². The van der Waals surface area contributed by atoms with Gasteiger partial charge in [0.25, 0.3) is 0 Å². The lowest BCUT2D eigenvalue weighted by Gasteiger charge is -2.09. The molecule has 0 aliphatic heterocycles. The molecule has 1 heterocycles. The molecule has 0 saturated carbocycles. The molecule has 0 aliphatic carbocycles. The maximum atomic E-state index is 6.06. The van der Waals surface area contributed by atoms with Crippen molar-refractivity contribution in [1.29, 1.82) is 0 Å². The van der Waals surface area contributed by atoms with Gasteiger partial charge in [-0.05, 0) is 12.1 Å². The number of benzene rings is 1. The number of nitrogens with zero attached hydrogens (tertiary/aromatic N) is 2. The van der Waals surface area contributed by atoms with Gasteiger partial charge in [0.2, 0.25) is 0 Å². The van der Waals surface area contributed by atoms with Crippen LogP contribution in [0.2, 0.25) is 20.1 Å². The maximum Gasteiger partial charge on any atom is 0.164 e. The van der Waals surface area contributed by atoms with Crippen molar-refractivity contribution >= 4 is 52.2 Å². The molecule has 17 heavy (non-hydrogen) atoms. The van der Waals surface area contributed by atoms with Crippen molar-refractivity contribution < 1.29 is 0 Å². The van der Waals surface area contributed by atoms with Crippen molar-refractivity contribution in [3.63, 3.8) is 0 Å². The van der Waals surface area contributed by atoms with Crippen LogP contribution in [0.5, 0.6) is 0 Å². The minimum atomic E-state index is 0.242. The molecule has 2 aromatic rings. The number of nitrogen functional groups attached to an aromatic ring is 1. The zero-order chi connectivity index (χ0) is 12.6. The molecule has 88 valence electrons. The molecule has 0 unspecified atom stereocenters. The quantitative estimate of drug-likeness (QED) is 0.797. The van der Waals surface area contributed by atoms with E-state index in [0.29, 0.717) is 11.4 Å². The van der Waals surface area contributed by atoms with Gasteiger partial charge in [0.1, 0.15) is 5.82 Å². The van der Waals surface area contributed by atoms with Crippen LogP contribution in [-0.2, 0) is 0 Å². The van der Waals surface area contributed by atoms with E-state index < -0.39 is 0 Å². The topological polar surface area (TPSA) is 51.8 Å². The van der Waals surface area contributed by atoms with Gasteiger partial charge in [0.05, 0.1) is 25.7 Å². The lowest BCUT2D eigenvalue weighted by atomic mass is 10.2. The summed E-state index contributed by atoms with van der Waals surface area (Å²) in [4.78, 5) is 8.06. The molecule has 1 aromatic carbocycles. The normalized spacial score (nSPS) is 10.6. The second-order valence-electron chi connectivity index (χ2n) is 3.15. The second-order valence-corrected chi connectivity index (χ2v) is 4.72. The molecule has 3 nitrogen and oxygen atoms in total. The number of nitrogens with two attached hydrogens (primary N) is 1. The molecule has 7 heteroatoms. The van der Waals surface area contributed by atoms with E-state index in [1.807, 2.05) is 0 Å². The Labute approximate surface area is 117 Å².